The maximum absolute atomic E-state index is 13.2. The minimum absolute atomic E-state index is 0.0691. The Balaban J connectivity index is 1.16. The Hall–Kier alpha value is -3.53. The zero-order chi connectivity index (χ0) is 26.3. The van der Waals surface area contributed by atoms with Gasteiger partial charge < -0.3 is 5.32 Å². The van der Waals surface area contributed by atoms with Crippen LogP contribution in [0.5, 0.6) is 0 Å². The number of carbonyl (C=O) groups excluding carboxylic acids is 1. The van der Waals surface area contributed by atoms with Crippen LogP contribution in [0.1, 0.15) is 21.6 Å². The largest absolute Gasteiger partial charge is 0.301 e. The molecule has 0 saturated heterocycles. The second-order valence-corrected chi connectivity index (χ2v) is 12.8. The maximum atomic E-state index is 13.2. The summed E-state index contributed by atoms with van der Waals surface area (Å²) in [5, 5.41) is 3.56. The molecule has 4 aromatic rings. The number of hydrogen-bond donors (Lipinski definition) is 1. The first-order valence-electron chi connectivity index (χ1n) is 12.7. The topological polar surface area (TPSA) is 82.6 Å². The number of benzene rings is 3. The maximum Gasteiger partial charge on any atom is 0.264 e. The number of thiazole rings is 1. The van der Waals surface area contributed by atoms with Crippen molar-refractivity contribution in [3.05, 3.63) is 94.4 Å². The molecule has 0 saturated carbocycles. The van der Waals surface area contributed by atoms with Gasteiger partial charge in [0.15, 0.2) is 5.13 Å². The number of aryl methyl sites for hydroxylation is 1. The second kappa shape index (κ2) is 9.98. The summed E-state index contributed by atoms with van der Waals surface area (Å²) in [5.41, 5.74) is 6.06. The molecule has 1 N–H and O–H groups in total. The summed E-state index contributed by atoms with van der Waals surface area (Å²) in [5.74, 6) is -0.0691. The molecule has 0 unspecified atom stereocenters. The number of nitrogens with one attached hydrogen (secondary N) is 1. The van der Waals surface area contributed by atoms with Gasteiger partial charge in [-0.1, -0.05) is 48.5 Å². The first-order valence-corrected chi connectivity index (χ1v) is 14.9. The Morgan fingerprint density at radius 1 is 0.947 bits per heavy atom. The fourth-order valence-electron chi connectivity index (χ4n) is 5.26. The van der Waals surface area contributed by atoms with Crippen LogP contribution in [0.2, 0.25) is 0 Å². The smallest absolute Gasteiger partial charge is 0.264 e. The number of aromatic nitrogens is 1. The van der Waals surface area contributed by atoms with E-state index in [0.717, 1.165) is 41.2 Å². The van der Waals surface area contributed by atoms with Crippen LogP contribution in [0, 0.1) is 6.92 Å². The van der Waals surface area contributed by atoms with Crippen molar-refractivity contribution in [2.45, 2.75) is 31.2 Å². The molecule has 0 fully saturated rings. The molecule has 0 atom stereocenters. The van der Waals surface area contributed by atoms with Crippen molar-refractivity contribution < 1.29 is 13.2 Å². The van der Waals surface area contributed by atoms with Crippen LogP contribution in [0.3, 0.4) is 0 Å². The molecule has 9 heteroatoms. The van der Waals surface area contributed by atoms with Crippen LogP contribution < -0.4 is 9.62 Å². The summed E-state index contributed by atoms with van der Waals surface area (Å²) in [4.78, 5) is 21.0. The van der Waals surface area contributed by atoms with Gasteiger partial charge in [-0.3, -0.25) is 14.0 Å². The third-order valence-electron chi connectivity index (χ3n) is 7.16. The molecule has 3 heterocycles. The standard InChI is InChI=1S/C29H28N4O3S2/c1-20-28(31-29(37-20)30-27(34)19-32-15-13-21-7-5-6-8-24(21)18-32)23-11-12-26-22(17-23)14-16-33(26)38(35,36)25-9-3-2-4-10-25/h2-12,17H,13-16,18-19H2,1H3,(H,30,31,34). The number of anilines is 2. The average molecular weight is 545 g/mol. The van der Waals surface area contributed by atoms with Gasteiger partial charge in [0.25, 0.3) is 10.0 Å². The van der Waals surface area contributed by atoms with E-state index in [1.165, 1.54) is 26.8 Å². The van der Waals surface area contributed by atoms with E-state index in [-0.39, 0.29) is 5.91 Å². The highest BCUT2D eigenvalue weighted by atomic mass is 32.2. The van der Waals surface area contributed by atoms with Crippen LogP contribution >= 0.6 is 11.3 Å². The van der Waals surface area contributed by atoms with E-state index in [2.05, 4.69) is 28.4 Å². The molecular weight excluding hydrogens is 516 g/mol. The predicted molar refractivity (Wildman–Crippen MR) is 151 cm³/mol. The second-order valence-electron chi connectivity index (χ2n) is 9.69. The van der Waals surface area contributed by atoms with E-state index in [4.69, 9.17) is 4.98 Å². The Morgan fingerprint density at radius 2 is 1.68 bits per heavy atom. The van der Waals surface area contributed by atoms with E-state index in [1.54, 1.807) is 24.3 Å². The van der Waals surface area contributed by atoms with Crippen LogP contribution in [-0.2, 0) is 34.2 Å². The van der Waals surface area contributed by atoms with E-state index >= 15 is 0 Å². The summed E-state index contributed by atoms with van der Waals surface area (Å²) in [6.45, 7) is 4.36. The summed E-state index contributed by atoms with van der Waals surface area (Å²) in [6, 6.07) is 22.7. The fourth-order valence-corrected chi connectivity index (χ4v) is 7.63. The summed E-state index contributed by atoms with van der Waals surface area (Å²) >= 11 is 1.46. The Bertz CT molecular complexity index is 1620. The molecule has 2 aliphatic heterocycles. The third-order valence-corrected chi connectivity index (χ3v) is 9.87. The Labute approximate surface area is 226 Å². The molecule has 1 aromatic heterocycles. The highest BCUT2D eigenvalue weighted by molar-refractivity contribution is 7.92. The lowest BCUT2D eigenvalue weighted by molar-refractivity contribution is -0.117. The quantitative estimate of drug-likeness (QED) is 0.375. The zero-order valence-electron chi connectivity index (χ0n) is 21.1. The number of fused-ring (bicyclic) bond motifs is 2. The van der Waals surface area contributed by atoms with Crippen molar-refractivity contribution in [3.8, 4) is 11.3 Å². The number of amides is 1. The van der Waals surface area contributed by atoms with Crippen LogP contribution in [0.15, 0.2) is 77.7 Å². The van der Waals surface area contributed by atoms with Crippen LogP contribution in [0.25, 0.3) is 11.3 Å². The van der Waals surface area contributed by atoms with Gasteiger partial charge in [-0.25, -0.2) is 13.4 Å². The van der Waals surface area contributed by atoms with E-state index in [9.17, 15) is 13.2 Å². The van der Waals surface area contributed by atoms with Gasteiger partial charge in [0.2, 0.25) is 5.91 Å². The monoisotopic (exact) mass is 544 g/mol. The first kappa shape index (κ1) is 24.8. The fraction of sp³-hybridized carbons (Fsp3) is 0.241. The van der Waals surface area contributed by atoms with Gasteiger partial charge >= 0.3 is 0 Å². The molecule has 2 aliphatic rings. The summed E-state index contributed by atoms with van der Waals surface area (Å²) in [7, 11) is -3.61. The number of rotatable bonds is 6. The SMILES string of the molecule is Cc1sc(NC(=O)CN2CCc3ccccc3C2)nc1-c1ccc2c(c1)CCN2S(=O)(=O)c1ccccc1. The summed E-state index contributed by atoms with van der Waals surface area (Å²) in [6.07, 6.45) is 1.59. The molecule has 0 aliphatic carbocycles. The van der Waals surface area contributed by atoms with Crippen molar-refractivity contribution in [1.82, 2.24) is 9.88 Å². The van der Waals surface area contributed by atoms with Crippen molar-refractivity contribution >= 4 is 38.1 Å². The van der Waals surface area contributed by atoms with Crippen LogP contribution in [-0.4, -0.2) is 43.8 Å². The lowest BCUT2D eigenvalue weighted by Crippen LogP contribution is -2.37. The van der Waals surface area contributed by atoms with Gasteiger partial charge in [0.05, 0.1) is 22.8 Å². The van der Waals surface area contributed by atoms with Gasteiger partial charge in [-0.05, 0) is 60.7 Å². The Morgan fingerprint density at radius 3 is 2.50 bits per heavy atom. The van der Waals surface area contributed by atoms with Crippen molar-refractivity contribution in [2.75, 3.05) is 29.3 Å². The van der Waals surface area contributed by atoms with Crippen molar-refractivity contribution in [1.29, 1.82) is 0 Å². The van der Waals surface area contributed by atoms with E-state index in [0.29, 0.717) is 35.2 Å². The number of carbonyl (C=O) groups is 1. The number of nitrogens with zero attached hydrogens (tertiary/aromatic N) is 3. The highest BCUT2D eigenvalue weighted by Gasteiger charge is 2.31. The minimum Gasteiger partial charge on any atom is -0.301 e. The Kier molecular flexibility index (Phi) is 6.51. The van der Waals surface area contributed by atoms with E-state index < -0.39 is 10.0 Å². The molecule has 3 aromatic carbocycles. The highest BCUT2D eigenvalue weighted by Crippen LogP contribution is 2.38. The van der Waals surface area contributed by atoms with Gasteiger partial charge in [-0.15, -0.1) is 11.3 Å². The van der Waals surface area contributed by atoms with Gasteiger partial charge in [0, 0.05) is 30.1 Å². The van der Waals surface area contributed by atoms with Crippen molar-refractivity contribution in [2.24, 2.45) is 0 Å². The van der Waals surface area contributed by atoms with E-state index in [1.807, 2.05) is 37.3 Å². The molecule has 38 heavy (non-hydrogen) atoms. The molecule has 1 amide bonds. The lowest BCUT2D eigenvalue weighted by Gasteiger charge is -2.27. The molecule has 0 bridgehead atoms. The summed E-state index contributed by atoms with van der Waals surface area (Å²) < 4.78 is 27.9. The van der Waals surface area contributed by atoms with Gasteiger partial charge in [-0.2, -0.15) is 0 Å². The zero-order valence-corrected chi connectivity index (χ0v) is 22.7. The number of sulfonamides is 1. The molecular formula is C29H28N4O3S2. The normalized spacial score (nSPS) is 15.2. The predicted octanol–water partition coefficient (Wildman–Crippen LogP) is 4.87. The molecule has 194 valence electrons. The number of hydrogen-bond acceptors (Lipinski definition) is 6. The molecule has 0 radical (unpaired) electrons. The minimum atomic E-state index is -3.61. The molecule has 0 spiro atoms. The van der Waals surface area contributed by atoms with Crippen LogP contribution in [0.4, 0.5) is 10.8 Å². The average Bonchev–Trinajstić information content (AvgIpc) is 3.52. The van der Waals surface area contributed by atoms with Crippen molar-refractivity contribution in [3.63, 3.8) is 0 Å². The van der Waals surface area contributed by atoms with Gasteiger partial charge in [0.1, 0.15) is 0 Å². The molecule has 6 rings (SSSR count). The lowest BCUT2D eigenvalue weighted by atomic mass is 10.00. The third kappa shape index (κ3) is 4.73. The molecule has 7 nitrogen and oxygen atoms in total. The first-order chi connectivity index (χ1) is 18.4.